The van der Waals surface area contributed by atoms with Crippen molar-refractivity contribution >= 4 is 38.1 Å². The largest absolute Gasteiger partial charge is 0.480 e. The fourth-order valence-electron chi connectivity index (χ4n) is 3.37. The minimum absolute atomic E-state index is 0.0122. The number of carboxylic acids is 1. The van der Waals surface area contributed by atoms with E-state index in [9.17, 15) is 18.3 Å². The lowest BCUT2D eigenvalue weighted by Gasteiger charge is -2.18. The Morgan fingerprint density at radius 2 is 1.62 bits per heavy atom. The molecule has 1 atom stereocenters. The van der Waals surface area contributed by atoms with Gasteiger partial charge in [0.15, 0.2) is 0 Å². The molecule has 0 bridgehead atoms. The summed E-state index contributed by atoms with van der Waals surface area (Å²) in [5.74, 6) is -1.59. The number of carboxylic acid groups (broad SMARTS) is 1. The van der Waals surface area contributed by atoms with Gasteiger partial charge in [-0.1, -0.05) is 62.4 Å². The Kier molecular flexibility index (Phi) is 6.10. The molecule has 164 valence electrons. The summed E-state index contributed by atoms with van der Waals surface area (Å²) in [4.78, 5) is 16.1. The summed E-state index contributed by atoms with van der Waals surface area (Å²) in [6.45, 7) is 3.31. The molecule has 4 rings (SSSR count). The molecule has 0 saturated carbocycles. The zero-order valence-electron chi connectivity index (χ0n) is 17.5. The molecule has 8 heteroatoms. The maximum Gasteiger partial charge on any atom is 0.322 e. The van der Waals surface area contributed by atoms with Crippen molar-refractivity contribution in [1.29, 1.82) is 0 Å². The predicted octanol–water partition coefficient (Wildman–Crippen LogP) is 5.02. The van der Waals surface area contributed by atoms with Gasteiger partial charge in [0.1, 0.15) is 11.0 Å². The van der Waals surface area contributed by atoms with Crippen LogP contribution in [0, 0.1) is 5.92 Å². The Hall–Kier alpha value is -3.07. The number of fused-ring (bicyclic) bond motifs is 1. The molecule has 32 heavy (non-hydrogen) atoms. The molecule has 4 aromatic rings. The first kappa shape index (κ1) is 22.1. The normalized spacial score (nSPS) is 12.8. The topological polar surface area (TPSA) is 96.4 Å². The molecule has 3 aromatic carbocycles. The van der Waals surface area contributed by atoms with E-state index in [4.69, 9.17) is 4.98 Å². The van der Waals surface area contributed by atoms with E-state index in [1.54, 1.807) is 26.0 Å². The zero-order valence-corrected chi connectivity index (χ0v) is 19.2. The number of nitrogens with one attached hydrogen (secondary N) is 1. The van der Waals surface area contributed by atoms with Gasteiger partial charge in [0.2, 0.25) is 10.0 Å². The number of aromatic nitrogens is 1. The number of aliphatic carboxylic acids is 1. The van der Waals surface area contributed by atoms with E-state index in [-0.39, 0.29) is 10.8 Å². The summed E-state index contributed by atoms with van der Waals surface area (Å²) in [6, 6.07) is 19.5. The summed E-state index contributed by atoms with van der Waals surface area (Å²) < 4.78 is 27.5. The van der Waals surface area contributed by atoms with Gasteiger partial charge in [0.05, 0.1) is 10.6 Å². The number of sulfonamides is 1. The van der Waals surface area contributed by atoms with Crippen molar-refractivity contribution in [2.75, 3.05) is 0 Å². The third-order valence-electron chi connectivity index (χ3n) is 5.18. The van der Waals surface area contributed by atoms with Gasteiger partial charge < -0.3 is 5.11 Å². The number of rotatable bonds is 7. The molecule has 0 radical (unpaired) electrons. The van der Waals surface area contributed by atoms with Crippen LogP contribution in [-0.4, -0.2) is 30.5 Å². The Labute approximate surface area is 190 Å². The Morgan fingerprint density at radius 3 is 2.28 bits per heavy atom. The third-order valence-corrected chi connectivity index (χ3v) is 7.52. The van der Waals surface area contributed by atoms with E-state index >= 15 is 0 Å². The molecular weight excluding hydrogens is 444 g/mol. The van der Waals surface area contributed by atoms with Crippen LogP contribution in [0.15, 0.2) is 77.0 Å². The lowest BCUT2D eigenvalue weighted by Crippen LogP contribution is -2.44. The van der Waals surface area contributed by atoms with Gasteiger partial charge in [-0.15, -0.1) is 11.3 Å². The molecule has 6 nitrogen and oxygen atoms in total. The van der Waals surface area contributed by atoms with Gasteiger partial charge in [-0.05, 0) is 34.9 Å². The van der Waals surface area contributed by atoms with Crippen LogP contribution in [0.4, 0.5) is 0 Å². The minimum Gasteiger partial charge on any atom is -0.480 e. The van der Waals surface area contributed by atoms with Crippen LogP contribution in [0.5, 0.6) is 0 Å². The highest BCUT2D eigenvalue weighted by Gasteiger charge is 2.28. The fourth-order valence-corrected chi connectivity index (χ4v) is 5.54. The van der Waals surface area contributed by atoms with Crippen LogP contribution in [0.1, 0.15) is 13.8 Å². The highest BCUT2D eigenvalue weighted by molar-refractivity contribution is 7.89. The summed E-state index contributed by atoms with van der Waals surface area (Å²) in [5, 5.41) is 14.4. The number of carbonyl (C=O) groups is 1. The van der Waals surface area contributed by atoms with Gasteiger partial charge in [0, 0.05) is 16.5 Å². The minimum atomic E-state index is -3.96. The summed E-state index contributed by atoms with van der Waals surface area (Å²) >= 11 is 1.52. The van der Waals surface area contributed by atoms with Crippen LogP contribution >= 0.6 is 11.3 Å². The fraction of sp³-hybridized carbons (Fsp3) is 0.167. The van der Waals surface area contributed by atoms with Crippen molar-refractivity contribution in [1.82, 2.24) is 9.71 Å². The average molecular weight is 467 g/mol. The van der Waals surface area contributed by atoms with Crippen molar-refractivity contribution in [3.63, 3.8) is 0 Å². The first-order chi connectivity index (χ1) is 15.2. The molecule has 0 amide bonds. The summed E-state index contributed by atoms with van der Waals surface area (Å²) in [7, 11) is -3.96. The first-order valence-corrected chi connectivity index (χ1v) is 12.4. The van der Waals surface area contributed by atoms with Crippen molar-refractivity contribution in [2.45, 2.75) is 24.8 Å². The number of benzene rings is 3. The smallest absolute Gasteiger partial charge is 0.322 e. The average Bonchev–Trinajstić information content (AvgIpc) is 3.27. The Balaban J connectivity index is 1.57. The van der Waals surface area contributed by atoms with E-state index < -0.39 is 22.0 Å². The van der Waals surface area contributed by atoms with Gasteiger partial charge in [-0.25, -0.2) is 13.4 Å². The molecule has 1 aromatic heterocycles. The molecule has 0 aliphatic heterocycles. The van der Waals surface area contributed by atoms with Crippen molar-refractivity contribution in [3.05, 3.63) is 72.1 Å². The molecule has 1 heterocycles. The molecule has 0 saturated heterocycles. The Morgan fingerprint density at radius 1 is 0.969 bits per heavy atom. The van der Waals surface area contributed by atoms with Crippen LogP contribution in [0.25, 0.3) is 32.6 Å². The van der Waals surface area contributed by atoms with Gasteiger partial charge >= 0.3 is 5.97 Å². The Bertz CT molecular complexity index is 1380. The van der Waals surface area contributed by atoms with Gasteiger partial charge in [-0.2, -0.15) is 4.72 Å². The van der Waals surface area contributed by atoms with E-state index in [0.29, 0.717) is 0 Å². The third kappa shape index (κ3) is 4.57. The van der Waals surface area contributed by atoms with Crippen LogP contribution in [-0.2, 0) is 14.8 Å². The SMILES string of the molecule is CC(C)[C@@H](NS(=O)(=O)c1ccc(-c2csc(-c3ccc4ccccc4c3)n2)cc1)C(=O)O. The predicted molar refractivity (Wildman–Crippen MR) is 127 cm³/mol. The molecular formula is C24H22N2O4S2. The van der Waals surface area contributed by atoms with E-state index in [2.05, 4.69) is 29.0 Å². The number of hydrogen-bond donors (Lipinski definition) is 2. The van der Waals surface area contributed by atoms with Crippen molar-refractivity contribution in [3.8, 4) is 21.8 Å². The van der Waals surface area contributed by atoms with Crippen LogP contribution in [0.3, 0.4) is 0 Å². The van der Waals surface area contributed by atoms with Crippen LogP contribution < -0.4 is 4.72 Å². The second-order valence-electron chi connectivity index (χ2n) is 7.81. The lowest BCUT2D eigenvalue weighted by atomic mass is 10.1. The highest BCUT2D eigenvalue weighted by atomic mass is 32.2. The van der Waals surface area contributed by atoms with Gasteiger partial charge in [0.25, 0.3) is 0 Å². The van der Waals surface area contributed by atoms with Gasteiger partial charge in [-0.3, -0.25) is 4.79 Å². The van der Waals surface area contributed by atoms with E-state index in [1.807, 2.05) is 23.6 Å². The van der Waals surface area contributed by atoms with E-state index in [1.165, 1.54) is 28.9 Å². The zero-order chi connectivity index (χ0) is 22.9. The van der Waals surface area contributed by atoms with Crippen LogP contribution in [0.2, 0.25) is 0 Å². The highest BCUT2D eigenvalue weighted by Crippen LogP contribution is 2.31. The van der Waals surface area contributed by atoms with E-state index in [0.717, 1.165) is 27.2 Å². The molecule has 0 aliphatic rings. The number of thiazole rings is 1. The standard InChI is InChI=1S/C24H22N2O4S2/c1-15(2)22(24(27)28)26-32(29,30)20-11-9-17(10-12-20)21-14-31-23(25-21)19-8-7-16-5-3-4-6-18(16)13-19/h3-15,22,26H,1-2H3,(H,27,28)/t22-/m1/s1. The number of nitrogens with zero attached hydrogens (tertiary/aromatic N) is 1. The number of hydrogen-bond acceptors (Lipinski definition) is 5. The molecule has 2 N–H and O–H groups in total. The van der Waals surface area contributed by atoms with Crippen molar-refractivity contribution < 1.29 is 18.3 Å². The molecule has 0 aliphatic carbocycles. The lowest BCUT2D eigenvalue weighted by molar-refractivity contribution is -0.140. The maximum absolute atomic E-state index is 12.6. The van der Waals surface area contributed by atoms with Crippen molar-refractivity contribution in [2.24, 2.45) is 5.92 Å². The molecule has 0 spiro atoms. The first-order valence-electron chi connectivity index (χ1n) is 10.0. The quantitative estimate of drug-likeness (QED) is 0.399. The molecule has 0 unspecified atom stereocenters. The summed E-state index contributed by atoms with van der Waals surface area (Å²) in [5.41, 5.74) is 2.56. The monoisotopic (exact) mass is 466 g/mol. The summed E-state index contributed by atoms with van der Waals surface area (Å²) in [6.07, 6.45) is 0. The molecule has 0 fully saturated rings. The second-order valence-corrected chi connectivity index (χ2v) is 10.4. The maximum atomic E-state index is 12.6. The second kappa shape index (κ2) is 8.82.